The van der Waals surface area contributed by atoms with Gasteiger partial charge in [0, 0.05) is 28.1 Å². The Balaban J connectivity index is 1.83. The molecule has 0 fully saturated rings. The number of ether oxygens (including phenoxy) is 1. The van der Waals surface area contributed by atoms with Crippen LogP contribution in [0.2, 0.25) is 10.0 Å². The molecule has 0 saturated carbocycles. The molecule has 0 bridgehead atoms. The van der Waals surface area contributed by atoms with E-state index in [4.69, 9.17) is 27.9 Å². The van der Waals surface area contributed by atoms with E-state index in [1.54, 1.807) is 12.1 Å². The molecule has 4 nitrogen and oxygen atoms in total. The molecule has 0 aromatic heterocycles. The van der Waals surface area contributed by atoms with Crippen molar-refractivity contribution in [3.8, 4) is 0 Å². The standard InChI is InChI=1S/C20H12Cl2F3NO3/c21-11-4-5-13(15(22)7-11)14-8-17(27)26(16-9-29-19(28)18(14)16)12-3-1-2-10(6-12)20(23,24)25/h1-7,14H,8-9H2. The second kappa shape index (κ2) is 7.07. The van der Waals surface area contributed by atoms with Gasteiger partial charge >= 0.3 is 12.1 Å². The van der Waals surface area contributed by atoms with E-state index >= 15 is 0 Å². The molecule has 29 heavy (non-hydrogen) atoms. The highest BCUT2D eigenvalue weighted by Gasteiger charge is 2.44. The SMILES string of the molecule is O=C1OCC2=C1C(c1ccc(Cl)cc1Cl)CC(=O)N2c1cccc(C(F)(F)F)c1. The molecule has 2 aromatic carbocycles. The second-order valence-corrected chi connectivity index (χ2v) is 7.48. The number of esters is 1. The number of amides is 1. The molecule has 0 saturated heterocycles. The quantitative estimate of drug-likeness (QED) is 0.590. The van der Waals surface area contributed by atoms with E-state index in [2.05, 4.69) is 0 Å². The highest BCUT2D eigenvalue weighted by Crippen LogP contribution is 2.44. The number of carbonyl (C=O) groups excluding carboxylic acids is 2. The third-order valence-corrected chi connectivity index (χ3v) is 5.45. The number of alkyl halides is 3. The van der Waals surface area contributed by atoms with Crippen molar-refractivity contribution in [1.82, 2.24) is 0 Å². The Hall–Kier alpha value is -2.51. The summed E-state index contributed by atoms with van der Waals surface area (Å²) in [6, 6.07) is 9.11. The van der Waals surface area contributed by atoms with Crippen molar-refractivity contribution in [2.24, 2.45) is 0 Å². The molecule has 2 heterocycles. The van der Waals surface area contributed by atoms with Crippen LogP contribution in [0.1, 0.15) is 23.5 Å². The number of nitrogens with zero attached hydrogens (tertiary/aromatic N) is 1. The lowest BCUT2D eigenvalue weighted by Crippen LogP contribution is -2.37. The molecule has 2 aromatic rings. The van der Waals surface area contributed by atoms with Gasteiger partial charge < -0.3 is 4.74 Å². The minimum Gasteiger partial charge on any atom is -0.456 e. The molecule has 0 radical (unpaired) electrons. The Labute approximate surface area is 173 Å². The molecule has 1 atom stereocenters. The van der Waals surface area contributed by atoms with Crippen LogP contribution in [0, 0.1) is 0 Å². The fourth-order valence-electron chi connectivity index (χ4n) is 3.62. The number of halogens is 5. The fourth-order valence-corrected chi connectivity index (χ4v) is 4.17. The molecular weight excluding hydrogens is 430 g/mol. The summed E-state index contributed by atoms with van der Waals surface area (Å²) in [6.45, 7) is -0.210. The van der Waals surface area contributed by atoms with E-state index in [0.29, 0.717) is 10.6 Å². The smallest absolute Gasteiger partial charge is 0.416 e. The maximum atomic E-state index is 13.1. The number of anilines is 1. The first kappa shape index (κ1) is 19.8. The third-order valence-electron chi connectivity index (χ3n) is 4.89. The van der Waals surface area contributed by atoms with Crippen LogP contribution in [0.4, 0.5) is 18.9 Å². The van der Waals surface area contributed by atoms with Crippen LogP contribution in [0.15, 0.2) is 53.7 Å². The van der Waals surface area contributed by atoms with Gasteiger partial charge in [0.1, 0.15) is 6.61 Å². The number of benzene rings is 2. The summed E-state index contributed by atoms with van der Waals surface area (Å²) in [7, 11) is 0. The van der Waals surface area contributed by atoms with Crippen molar-refractivity contribution >= 4 is 40.8 Å². The summed E-state index contributed by atoms with van der Waals surface area (Å²) in [4.78, 5) is 26.5. The van der Waals surface area contributed by atoms with Gasteiger partial charge in [0.05, 0.1) is 16.8 Å². The van der Waals surface area contributed by atoms with Gasteiger partial charge in [-0.15, -0.1) is 0 Å². The Bertz CT molecular complexity index is 1070. The predicted molar refractivity (Wildman–Crippen MR) is 101 cm³/mol. The van der Waals surface area contributed by atoms with E-state index in [1.807, 2.05) is 0 Å². The van der Waals surface area contributed by atoms with Crippen LogP contribution in [-0.2, 0) is 20.5 Å². The predicted octanol–water partition coefficient (Wildman–Crippen LogP) is 5.34. The van der Waals surface area contributed by atoms with Crippen LogP contribution >= 0.6 is 23.2 Å². The van der Waals surface area contributed by atoms with Crippen LogP contribution in [0.25, 0.3) is 0 Å². The highest BCUT2D eigenvalue weighted by molar-refractivity contribution is 6.35. The minimum atomic E-state index is -4.56. The van der Waals surface area contributed by atoms with Crippen molar-refractivity contribution in [2.75, 3.05) is 11.5 Å². The van der Waals surface area contributed by atoms with Gasteiger partial charge in [-0.3, -0.25) is 9.69 Å². The average Bonchev–Trinajstić information content (AvgIpc) is 3.02. The number of cyclic esters (lactones) is 1. The van der Waals surface area contributed by atoms with Gasteiger partial charge in [0.15, 0.2) is 0 Å². The zero-order chi connectivity index (χ0) is 20.9. The van der Waals surface area contributed by atoms with E-state index in [-0.39, 0.29) is 35.0 Å². The lowest BCUT2D eigenvalue weighted by atomic mass is 9.84. The molecule has 2 aliphatic heterocycles. The van der Waals surface area contributed by atoms with Crippen LogP contribution in [0.3, 0.4) is 0 Å². The second-order valence-electron chi connectivity index (χ2n) is 6.64. The zero-order valence-corrected chi connectivity index (χ0v) is 16.1. The maximum absolute atomic E-state index is 13.1. The van der Waals surface area contributed by atoms with Crippen LogP contribution in [0.5, 0.6) is 0 Å². The van der Waals surface area contributed by atoms with Crippen LogP contribution < -0.4 is 4.90 Å². The molecule has 1 amide bonds. The van der Waals surface area contributed by atoms with Gasteiger partial charge in [0.2, 0.25) is 5.91 Å². The zero-order valence-electron chi connectivity index (χ0n) is 14.6. The molecule has 9 heteroatoms. The van der Waals surface area contributed by atoms with Crippen LogP contribution in [-0.4, -0.2) is 18.5 Å². The molecule has 0 aliphatic carbocycles. The lowest BCUT2D eigenvalue weighted by Gasteiger charge is -2.32. The third kappa shape index (κ3) is 3.49. The van der Waals surface area contributed by atoms with E-state index in [0.717, 1.165) is 17.0 Å². The maximum Gasteiger partial charge on any atom is 0.416 e. The summed E-state index contributed by atoms with van der Waals surface area (Å²) in [5.74, 6) is -1.75. The van der Waals surface area contributed by atoms with E-state index in [1.165, 1.54) is 18.2 Å². The van der Waals surface area contributed by atoms with Gasteiger partial charge in [-0.2, -0.15) is 13.2 Å². The van der Waals surface area contributed by atoms with Crippen molar-refractivity contribution in [1.29, 1.82) is 0 Å². The van der Waals surface area contributed by atoms with E-state index < -0.39 is 29.5 Å². The number of hydrogen-bond acceptors (Lipinski definition) is 3. The summed E-state index contributed by atoms with van der Waals surface area (Å²) in [5.41, 5.74) is 0.0987. The Morgan fingerprint density at radius 1 is 1.07 bits per heavy atom. The number of hydrogen-bond donors (Lipinski definition) is 0. The van der Waals surface area contributed by atoms with Gasteiger partial charge in [-0.1, -0.05) is 35.3 Å². The summed E-state index contributed by atoms with van der Waals surface area (Å²) in [6.07, 6.45) is -4.71. The summed E-state index contributed by atoms with van der Waals surface area (Å²) in [5, 5.41) is 0.684. The lowest BCUT2D eigenvalue weighted by molar-refractivity contribution is -0.138. The Kier molecular flexibility index (Phi) is 4.83. The first-order valence-corrected chi connectivity index (χ1v) is 9.27. The normalized spacial score (nSPS) is 19.5. The van der Waals surface area contributed by atoms with Gasteiger partial charge in [0.25, 0.3) is 0 Å². The van der Waals surface area contributed by atoms with E-state index in [9.17, 15) is 22.8 Å². The van der Waals surface area contributed by atoms with Crippen molar-refractivity contribution in [3.05, 3.63) is 74.9 Å². The van der Waals surface area contributed by atoms with Crippen molar-refractivity contribution < 1.29 is 27.5 Å². The molecule has 4 rings (SSSR count). The summed E-state index contributed by atoms with van der Waals surface area (Å²) < 4.78 is 44.4. The number of carbonyl (C=O) groups is 2. The van der Waals surface area contributed by atoms with Crippen molar-refractivity contribution in [2.45, 2.75) is 18.5 Å². The molecule has 150 valence electrons. The number of rotatable bonds is 2. The fraction of sp³-hybridized carbons (Fsp3) is 0.200. The monoisotopic (exact) mass is 441 g/mol. The Morgan fingerprint density at radius 2 is 1.83 bits per heavy atom. The Morgan fingerprint density at radius 3 is 2.52 bits per heavy atom. The van der Waals surface area contributed by atoms with Gasteiger partial charge in [-0.25, -0.2) is 4.79 Å². The molecule has 2 aliphatic rings. The molecule has 0 spiro atoms. The molecular formula is C20H12Cl2F3NO3. The summed E-state index contributed by atoms with van der Waals surface area (Å²) >= 11 is 12.2. The van der Waals surface area contributed by atoms with Crippen molar-refractivity contribution in [3.63, 3.8) is 0 Å². The minimum absolute atomic E-state index is 0.0243. The topological polar surface area (TPSA) is 46.6 Å². The largest absolute Gasteiger partial charge is 0.456 e. The highest BCUT2D eigenvalue weighted by atomic mass is 35.5. The molecule has 1 unspecified atom stereocenters. The molecule has 0 N–H and O–H groups in total. The first-order valence-electron chi connectivity index (χ1n) is 8.52. The first-order chi connectivity index (χ1) is 13.7. The average molecular weight is 442 g/mol. The van der Waals surface area contributed by atoms with Gasteiger partial charge in [-0.05, 0) is 35.9 Å².